The first-order chi connectivity index (χ1) is 11.0. The van der Waals surface area contributed by atoms with Gasteiger partial charge in [-0.2, -0.15) is 0 Å². The Kier molecular flexibility index (Phi) is 6.13. The molecule has 5 heteroatoms. The van der Waals surface area contributed by atoms with Gasteiger partial charge in [0, 0.05) is 25.4 Å². The molecule has 126 valence electrons. The lowest BCUT2D eigenvalue weighted by atomic mass is 9.92. The lowest BCUT2D eigenvalue weighted by molar-refractivity contribution is -0.139. The van der Waals surface area contributed by atoms with Crippen LogP contribution >= 0.6 is 0 Å². The molecule has 0 aliphatic carbocycles. The molecule has 0 bridgehead atoms. The van der Waals surface area contributed by atoms with Gasteiger partial charge in [0.1, 0.15) is 5.82 Å². The summed E-state index contributed by atoms with van der Waals surface area (Å²) in [6, 6.07) is 6.48. The van der Waals surface area contributed by atoms with E-state index < -0.39 is 5.97 Å². The van der Waals surface area contributed by atoms with Gasteiger partial charge in [0.15, 0.2) is 0 Å². The van der Waals surface area contributed by atoms with E-state index >= 15 is 0 Å². The molecule has 1 unspecified atom stereocenters. The largest absolute Gasteiger partial charge is 0.481 e. The Morgan fingerprint density at radius 1 is 1.35 bits per heavy atom. The summed E-state index contributed by atoms with van der Waals surface area (Å²) >= 11 is 0. The summed E-state index contributed by atoms with van der Waals surface area (Å²) in [5, 5.41) is 8.82. The highest BCUT2D eigenvalue weighted by Crippen LogP contribution is 2.22. The van der Waals surface area contributed by atoms with E-state index in [0.29, 0.717) is 25.9 Å². The van der Waals surface area contributed by atoms with E-state index in [2.05, 4.69) is 0 Å². The van der Waals surface area contributed by atoms with Gasteiger partial charge in [0.05, 0.1) is 0 Å². The van der Waals surface area contributed by atoms with Gasteiger partial charge in [-0.3, -0.25) is 9.59 Å². The Labute approximate surface area is 136 Å². The fourth-order valence-corrected chi connectivity index (χ4v) is 3.12. The summed E-state index contributed by atoms with van der Waals surface area (Å²) < 4.78 is 13.2. The zero-order valence-electron chi connectivity index (χ0n) is 13.5. The maximum Gasteiger partial charge on any atom is 0.303 e. The number of carboxylic acids is 1. The molecule has 1 atom stereocenters. The minimum Gasteiger partial charge on any atom is -0.481 e. The molecule has 0 aromatic heterocycles. The number of aryl methyl sites for hydroxylation is 1. The van der Waals surface area contributed by atoms with Crippen molar-refractivity contribution in [2.45, 2.75) is 39.0 Å². The second-order valence-electron chi connectivity index (χ2n) is 6.44. The summed E-state index contributed by atoms with van der Waals surface area (Å²) in [7, 11) is 0. The molecule has 1 aliphatic heterocycles. The van der Waals surface area contributed by atoms with Gasteiger partial charge in [0.2, 0.25) is 5.91 Å². The van der Waals surface area contributed by atoms with E-state index in [1.165, 1.54) is 12.1 Å². The third kappa shape index (κ3) is 5.34. The van der Waals surface area contributed by atoms with Gasteiger partial charge >= 0.3 is 5.97 Å². The smallest absolute Gasteiger partial charge is 0.303 e. The zero-order chi connectivity index (χ0) is 16.8. The van der Waals surface area contributed by atoms with Crippen LogP contribution in [0.15, 0.2) is 24.3 Å². The van der Waals surface area contributed by atoms with Crippen molar-refractivity contribution in [2.24, 2.45) is 11.8 Å². The Hall–Kier alpha value is -1.91. The first-order valence-corrected chi connectivity index (χ1v) is 8.20. The molecule has 1 fully saturated rings. The molecule has 0 spiro atoms. The Morgan fingerprint density at radius 2 is 2.04 bits per heavy atom. The van der Waals surface area contributed by atoms with Crippen molar-refractivity contribution in [3.8, 4) is 0 Å². The quantitative estimate of drug-likeness (QED) is 0.876. The number of likely N-dealkylation sites (tertiary alicyclic amines) is 1. The first-order valence-electron chi connectivity index (χ1n) is 8.20. The van der Waals surface area contributed by atoms with Crippen molar-refractivity contribution in [2.75, 3.05) is 13.1 Å². The number of rotatable bonds is 6. The van der Waals surface area contributed by atoms with Crippen LogP contribution < -0.4 is 0 Å². The summed E-state index contributed by atoms with van der Waals surface area (Å²) in [4.78, 5) is 25.0. The number of nitrogens with zero attached hydrogens (tertiary/aromatic N) is 1. The van der Waals surface area contributed by atoms with Crippen LogP contribution in [0.25, 0.3) is 0 Å². The molecule has 1 amide bonds. The number of carboxylic acid groups (broad SMARTS) is 1. The van der Waals surface area contributed by atoms with Gasteiger partial charge in [-0.05, 0) is 49.3 Å². The predicted molar refractivity (Wildman–Crippen MR) is 85.4 cm³/mol. The number of piperidine rings is 1. The van der Waals surface area contributed by atoms with Crippen molar-refractivity contribution in [3.63, 3.8) is 0 Å². The zero-order valence-corrected chi connectivity index (χ0v) is 13.5. The molecule has 0 radical (unpaired) electrons. The van der Waals surface area contributed by atoms with E-state index in [0.717, 1.165) is 18.4 Å². The lowest BCUT2D eigenvalue weighted by Crippen LogP contribution is -2.41. The van der Waals surface area contributed by atoms with Crippen LogP contribution in [-0.4, -0.2) is 35.0 Å². The summed E-state index contributed by atoms with van der Waals surface area (Å²) in [5.74, 6) is -0.816. The predicted octanol–water partition coefficient (Wildman–Crippen LogP) is 3.11. The highest BCUT2D eigenvalue weighted by atomic mass is 19.1. The van der Waals surface area contributed by atoms with Gasteiger partial charge in [-0.15, -0.1) is 0 Å². The molecule has 4 nitrogen and oxygen atoms in total. The summed E-state index contributed by atoms with van der Waals surface area (Å²) in [6.07, 6.45) is 3.08. The summed E-state index contributed by atoms with van der Waals surface area (Å²) in [5.41, 5.74) is 0.907. The van der Waals surface area contributed by atoms with Crippen molar-refractivity contribution in [1.29, 1.82) is 0 Å². The number of carbonyl (C=O) groups excluding carboxylic acids is 1. The number of hydrogen-bond acceptors (Lipinski definition) is 2. The number of hydrogen-bond donors (Lipinski definition) is 1. The SMILES string of the molecule is CC(CCc1cccc(F)c1)C(=O)N1CCC(CC(=O)O)CC1. The Bertz CT molecular complexity index is 553. The molecule has 1 heterocycles. The second-order valence-corrected chi connectivity index (χ2v) is 6.44. The standard InChI is InChI=1S/C18H24FNO3/c1-13(5-6-14-3-2-4-16(19)11-14)18(23)20-9-7-15(8-10-20)12-17(21)22/h2-4,11,13,15H,5-10,12H2,1H3,(H,21,22). The van der Waals surface area contributed by atoms with Crippen LogP contribution in [-0.2, 0) is 16.0 Å². The molecule has 2 rings (SSSR count). The van der Waals surface area contributed by atoms with Crippen LogP contribution in [0.5, 0.6) is 0 Å². The van der Waals surface area contributed by atoms with E-state index in [4.69, 9.17) is 5.11 Å². The number of carbonyl (C=O) groups is 2. The highest BCUT2D eigenvalue weighted by Gasteiger charge is 2.26. The monoisotopic (exact) mass is 321 g/mol. The van der Waals surface area contributed by atoms with Crippen LogP contribution in [0.4, 0.5) is 4.39 Å². The molecule has 1 aromatic carbocycles. The Balaban J connectivity index is 1.78. The molecule has 1 saturated heterocycles. The molecule has 1 N–H and O–H groups in total. The van der Waals surface area contributed by atoms with Crippen molar-refractivity contribution < 1.29 is 19.1 Å². The topological polar surface area (TPSA) is 57.6 Å². The van der Waals surface area contributed by atoms with Crippen molar-refractivity contribution >= 4 is 11.9 Å². The van der Waals surface area contributed by atoms with Gasteiger partial charge in [-0.1, -0.05) is 19.1 Å². The van der Waals surface area contributed by atoms with Gasteiger partial charge in [-0.25, -0.2) is 4.39 Å². The Morgan fingerprint density at radius 3 is 2.65 bits per heavy atom. The average molecular weight is 321 g/mol. The molecule has 0 saturated carbocycles. The first kappa shape index (κ1) is 17.4. The molecule has 23 heavy (non-hydrogen) atoms. The number of aliphatic carboxylic acids is 1. The number of halogens is 1. The van der Waals surface area contributed by atoms with Crippen LogP contribution in [0.3, 0.4) is 0 Å². The van der Waals surface area contributed by atoms with Gasteiger partial charge in [0.25, 0.3) is 0 Å². The fraction of sp³-hybridized carbons (Fsp3) is 0.556. The van der Waals surface area contributed by atoms with Gasteiger partial charge < -0.3 is 10.0 Å². The highest BCUT2D eigenvalue weighted by molar-refractivity contribution is 5.78. The van der Waals surface area contributed by atoms with Crippen molar-refractivity contribution in [1.82, 2.24) is 4.90 Å². The minimum atomic E-state index is -0.766. The van der Waals surface area contributed by atoms with Crippen LogP contribution in [0, 0.1) is 17.7 Å². The van der Waals surface area contributed by atoms with E-state index in [-0.39, 0.29) is 30.0 Å². The van der Waals surface area contributed by atoms with Crippen molar-refractivity contribution in [3.05, 3.63) is 35.6 Å². The summed E-state index contributed by atoms with van der Waals surface area (Å²) in [6.45, 7) is 3.19. The molecule has 1 aliphatic rings. The van der Waals surface area contributed by atoms with E-state index in [9.17, 15) is 14.0 Å². The normalized spacial score (nSPS) is 17.0. The number of amides is 1. The fourth-order valence-electron chi connectivity index (χ4n) is 3.12. The van der Waals surface area contributed by atoms with E-state index in [1.807, 2.05) is 17.9 Å². The van der Waals surface area contributed by atoms with Crippen LogP contribution in [0.2, 0.25) is 0 Å². The lowest BCUT2D eigenvalue weighted by Gasteiger charge is -2.33. The molecular formula is C18H24FNO3. The van der Waals surface area contributed by atoms with E-state index in [1.54, 1.807) is 6.07 Å². The average Bonchev–Trinajstić information content (AvgIpc) is 2.52. The third-order valence-electron chi connectivity index (χ3n) is 4.57. The molecular weight excluding hydrogens is 297 g/mol. The second kappa shape index (κ2) is 8.09. The van der Waals surface area contributed by atoms with Crippen LogP contribution in [0.1, 0.15) is 38.2 Å². The third-order valence-corrected chi connectivity index (χ3v) is 4.57. The maximum absolute atomic E-state index is 13.2. The minimum absolute atomic E-state index is 0.103. The molecule has 1 aromatic rings. The number of benzene rings is 1. The maximum atomic E-state index is 13.2.